The first-order valence-electron chi connectivity index (χ1n) is 7.21. The number of amides is 1. The summed E-state index contributed by atoms with van der Waals surface area (Å²) in [6.45, 7) is 0.190. The lowest BCUT2D eigenvalue weighted by Crippen LogP contribution is -2.37. The Labute approximate surface area is 134 Å². The van der Waals surface area contributed by atoms with Gasteiger partial charge in [0, 0.05) is 17.8 Å². The van der Waals surface area contributed by atoms with Gasteiger partial charge < -0.3 is 10.0 Å². The Morgan fingerprint density at radius 2 is 1.82 bits per heavy atom. The number of aliphatic carboxylic acids is 1. The summed E-state index contributed by atoms with van der Waals surface area (Å²) < 4.78 is 0. The number of carbonyl (C=O) groups excluding carboxylic acids is 1. The van der Waals surface area contributed by atoms with Gasteiger partial charge in [-0.3, -0.25) is 9.59 Å². The molecule has 0 fully saturated rings. The van der Waals surface area contributed by atoms with Crippen LogP contribution < -0.4 is 0 Å². The maximum Gasteiger partial charge on any atom is 0.323 e. The highest BCUT2D eigenvalue weighted by Gasteiger charge is 2.16. The lowest BCUT2D eigenvalue weighted by atomic mass is 10.1. The molecule has 0 atom stereocenters. The van der Waals surface area contributed by atoms with E-state index in [2.05, 4.69) is 0 Å². The zero-order valence-electron chi connectivity index (χ0n) is 12.3. The molecule has 116 valence electrons. The number of carbonyl (C=O) groups is 2. The highest BCUT2D eigenvalue weighted by molar-refractivity contribution is 7.09. The number of carboxylic acid groups (broad SMARTS) is 1. The van der Waals surface area contributed by atoms with Gasteiger partial charge in [-0.25, -0.2) is 0 Å². The van der Waals surface area contributed by atoms with E-state index >= 15 is 0 Å². The molecule has 1 N–H and O–H groups in total. The molecule has 0 radical (unpaired) electrons. The lowest BCUT2D eigenvalue weighted by Gasteiger charge is -2.20. The molecule has 0 aliphatic heterocycles. The van der Waals surface area contributed by atoms with Crippen LogP contribution in [0, 0.1) is 0 Å². The minimum absolute atomic E-state index is 0.105. The molecule has 1 aromatic heterocycles. The topological polar surface area (TPSA) is 57.6 Å². The minimum atomic E-state index is -0.975. The highest BCUT2D eigenvalue weighted by atomic mass is 32.1. The monoisotopic (exact) mass is 317 g/mol. The lowest BCUT2D eigenvalue weighted by molar-refractivity contribution is -0.144. The second-order valence-electron chi connectivity index (χ2n) is 5.02. The molecule has 0 unspecified atom stereocenters. The molecule has 1 aromatic carbocycles. The van der Waals surface area contributed by atoms with Gasteiger partial charge in [0.05, 0.1) is 0 Å². The maximum atomic E-state index is 12.3. The first-order valence-corrected chi connectivity index (χ1v) is 8.09. The summed E-state index contributed by atoms with van der Waals surface area (Å²) in [7, 11) is 0. The van der Waals surface area contributed by atoms with Crippen molar-refractivity contribution >= 4 is 23.2 Å². The van der Waals surface area contributed by atoms with Gasteiger partial charge in [-0.1, -0.05) is 36.4 Å². The van der Waals surface area contributed by atoms with Gasteiger partial charge in [-0.15, -0.1) is 11.3 Å². The fourth-order valence-electron chi connectivity index (χ4n) is 2.21. The molecular weight excluding hydrogens is 298 g/mol. The second kappa shape index (κ2) is 8.34. The van der Waals surface area contributed by atoms with Crippen molar-refractivity contribution in [3.63, 3.8) is 0 Å². The van der Waals surface area contributed by atoms with Crippen molar-refractivity contribution in [1.29, 1.82) is 0 Å². The van der Waals surface area contributed by atoms with Crippen LogP contribution in [0.1, 0.15) is 16.9 Å². The van der Waals surface area contributed by atoms with E-state index in [-0.39, 0.29) is 12.5 Å². The summed E-state index contributed by atoms with van der Waals surface area (Å²) in [4.78, 5) is 25.8. The molecule has 0 aliphatic carbocycles. The molecule has 0 bridgehead atoms. The van der Waals surface area contributed by atoms with Crippen LogP contribution in [-0.4, -0.2) is 35.0 Å². The SMILES string of the molecule is O=C(O)CN(CCc1ccccc1)C(=O)CCc1cccs1. The average Bonchev–Trinajstić information content (AvgIpc) is 3.03. The van der Waals surface area contributed by atoms with Crippen molar-refractivity contribution in [2.75, 3.05) is 13.1 Å². The van der Waals surface area contributed by atoms with Crippen molar-refractivity contribution in [2.45, 2.75) is 19.3 Å². The van der Waals surface area contributed by atoms with Crippen molar-refractivity contribution in [3.8, 4) is 0 Å². The molecule has 0 aliphatic rings. The van der Waals surface area contributed by atoms with Gasteiger partial charge >= 0.3 is 5.97 Å². The number of rotatable bonds is 8. The largest absolute Gasteiger partial charge is 0.480 e. The van der Waals surface area contributed by atoms with E-state index in [4.69, 9.17) is 5.11 Å². The summed E-state index contributed by atoms with van der Waals surface area (Å²) >= 11 is 1.61. The Morgan fingerprint density at radius 1 is 1.05 bits per heavy atom. The number of hydrogen-bond acceptors (Lipinski definition) is 3. The van der Waals surface area contributed by atoms with Crippen molar-refractivity contribution in [1.82, 2.24) is 4.90 Å². The smallest absolute Gasteiger partial charge is 0.323 e. The maximum absolute atomic E-state index is 12.3. The summed E-state index contributed by atoms with van der Waals surface area (Å²) in [6.07, 6.45) is 1.68. The van der Waals surface area contributed by atoms with Gasteiger partial charge in [0.25, 0.3) is 0 Å². The zero-order chi connectivity index (χ0) is 15.8. The van der Waals surface area contributed by atoms with Gasteiger partial charge in [0.15, 0.2) is 0 Å². The molecule has 4 nitrogen and oxygen atoms in total. The number of carboxylic acids is 1. The first-order chi connectivity index (χ1) is 10.6. The van der Waals surface area contributed by atoms with E-state index in [0.29, 0.717) is 25.8 Å². The predicted octanol–water partition coefficient (Wildman–Crippen LogP) is 2.84. The summed E-state index contributed by atoms with van der Waals surface area (Å²) in [5.74, 6) is -1.08. The highest BCUT2D eigenvalue weighted by Crippen LogP contribution is 2.12. The average molecular weight is 317 g/mol. The van der Waals surface area contributed by atoms with E-state index in [1.807, 2.05) is 47.8 Å². The van der Waals surface area contributed by atoms with Crippen LogP contribution in [0.3, 0.4) is 0 Å². The Morgan fingerprint density at radius 3 is 2.45 bits per heavy atom. The van der Waals surface area contributed by atoms with Gasteiger partial charge in [-0.05, 0) is 29.9 Å². The minimum Gasteiger partial charge on any atom is -0.480 e. The van der Waals surface area contributed by atoms with Crippen LogP contribution >= 0.6 is 11.3 Å². The Bertz CT molecular complexity index is 596. The van der Waals surface area contributed by atoms with Crippen LogP contribution in [0.2, 0.25) is 0 Å². The first kappa shape index (κ1) is 16.2. The Balaban J connectivity index is 1.89. The van der Waals surface area contributed by atoms with Crippen molar-refractivity contribution in [2.24, 2.45) is 0 Å². The molecule has 1 heterocycles. The molecule has 1 amide bonds. The van der Waals surface area contributed by atoms with Crippen LogP contribution in [0.5, 0.6) is 0 Å². The van der Waals surface area contributed by atoms with Crippen LogP contribution in [-0.2, 0) is 22.4 Å². The fourth-order valence-corrected chi connectivity index (χ4v) is 2.92. The van der Waals surface area contributed by atoms with E-state index in [1.54, 1.807) is 11.3 Å². The Kier molecular flexibility index (Phi) is 6.15. The van der Waals surface area contributed by atoms with Crippen molar-refractivity contribution < 1.29 is 14.7 Å². The number of nitrogens with zero attached hydrogens (tertiary/aromatic N) is 1. The van der Waals surface area contributed by atoms with Crippen LogP contribution in [0.4, 0.5) is 0 Å². The third-order valence-corrected chi connectivity index (χ3v) is 4.29. The van der Waals surface area contributed by atoms with E-state index in [1.165, 1.54) is 4.90 Å². The number of benzene rings is 1. The van der Waals surface area contributed by atoms with Crippen LogP contribution in [0.15, 0.2) is 47.8 Å². The van der Waals surface area contributed by atoms with Gasteiger partial charge in [0.2, 0.25) is 5.91 Å². The molecule has 5 heteroatoms. The standard InChI is InChI=1S/C17H19NO3S/c19-16(9-8-15-7-4-12-22-15)18(13-17(20)21)11-10-14-5-2-1-3-6-14/h1-7,12H,8-11,13H2,(H,20,21). The van der Waals surface area contributed by atoms with E-state index < -0.39 is 5.97 Å². The summed E-state index contributed by atoms with van der Waals surface area (Å²) in [5, 5.41) is 11.0. The third kappa shape index (κ3) is 5.33. The van der Waals surface area contributed by atoms with E-state index in [0.717, 1.165) is 10.4 Å². The molecular formula is C17H19NO3S. The summed E-state index contributed by atoms with van der Waals surface area (Å²) in [6, 6.07) is 13.7. The quantitative estimate of drug-likeness (QED) is 0.814. The molecule has 2 rings (SSSR count). The predicted molar refractivity (Wildman–Crippen MR) is 87.0 cm³/mol. The molecule has 0 saturated carbocycles. The normalized spacial score (nSPS) is 10.4. The number of hydrogen-bond donors (Lipinski definition) is 1. The number of thiophene rings is 1. The second-order valence-corrected chi connectivity index (χ2v) is 6.06. The number of aryl methyl sites for hydroxylation is 1. The van der Waals surface area contributed by atoms with Crippen LogP contribution in [0.25, 0.3) is 0 Å². The fraction of sp³-hybridized carbons (Fsp3) is 0.294. The molecule has 0 spiro atoms. The van der Waals surface area contributed by atoms with Gasteiger partial charge in [0.1, 0.15) is 6.54 Å². The Hall–Kier alpha value is -2.14. The third-order valence-electron chi connectivity index (χ3n) is 3.36. The molecule has 22 heavy (non-hydrogen) atoms. The summed E-state index contributed by atoms with van der Waals surface area (Å²) in [5.41, 5.74) is 1.10. The van der Waals surface area contributed by atoms with E-state index in [9.17, 15) is 9.59 Å². The van der Waals surface area contributed by atoms with Crippen molar-refractivity contribution in [3.05, 3.63) is 58.3 Å². The zero-order valence-corrected chi connectivity index (χ0v) is 13.1. The molecule has 2 aromatic rings. The van der Waals surface area contributed by atoms with Gasteiger partial charge in [-0.2, -0.15) is 0 Å². The molecule has 0 saturated heterocycles.